The number of benzene rings is 1. The Kier molecular flexibility index (Phi) is 8.09. The van der Waals surface area contributed by atoms with Gasteiger partial charge in [0.1, 0.15) is 5.75 Å². The molecule has 1 fully saturated rings. The maximum absolute atomic E-state index is 12.9. The Labute approximate surface area is 184 Å². The fourth-order valence-corrected chi connectivity index (χ4v) is 3.99. The highest BCUT2D eigenvalue weighted by Gasteiger charge is 2.28. The second-order valence-electron chi connectivity index (χ2n) is 8.63. The van der Waals surface area contributed by atoms with E-state index in [1.54, 1.807) is 13.2 Å². The number of nitrogens with one attached hydrogen (secondary N) is 1. The Morgan fingerprint density at radius 2 is 1.94 bits per heavy atom. The number of ether oxygens (including phenoxy) is 1. The summed E-state index contributed by atoms with van der Waals surface area (Å²) in [7, 11) is 1.63. The van der Waals surface area contributed by atoms with Gasteiger partial charge in [-0.05, 0) is 42.9 Å². The molecule has 3 rings (SSSR count). The molecule has 0 bridgehead atoms. The SMILES string of the molecule is COc1ccc(CCNC(=O)c2cc(CN(CC(C)C)C(=O)C3CCCC3)on2)cc1. The monoisotopic (exact) mass is 427 g/mol. The molecule has 1 N–H and O–H groups in total. The van der Waals surface area contributed by atoms with Gasteiger partial charge in [-0.3, -0.25) is 9.59 Å². The summed E-state index contributed by atoms with van der Waals surface area (Å²) >= 11 is 0. The van der Waals surface area contributed by atoms with Crippen LogP contribution in [-0.2, 0) is 17.8 Å². The Bertz CT molecular complexity index is 854. The normalized spacial score (nSPS) is 14.1. The maximum Gasteiger partial charge on any atom is 0.273 e. The fraction of sp³-hybridized carbons (Fsp3) is 0.542. The molecule has 0 atom stereocenters. The van der Waals surface area contributed by atoms with Crippen LogP contribution in [-0.4, -0.2) is 42.1 Å². The summed E-state index contributed by atoms with van der Waals surface area (Å²) in [6, 6.07) is 9.39. The Morgan fingerprint density at radius 3 is 2.58 bits per heavy atom. The lowest BCUT2D eigenvalue weighted by Gasteiger charge is -2.26. The van der Waals surface area contributed by atoms with Crippen LogP contribution in [0.4, 0.5) is 0 Å². The van der Waals surface area contributed by atoms with Gasteiger partial charge in [0.05, 0.1) is 13.7 Å². The lowest BCUT2D eigenvalue weighted by atomic mass is 10.1. The molecule has 0 aliphatic heterocycles. The minimum atomic E-state index is -0.277. The molecule has 0 saturated heterocycles. The molecule has 0 spiro atoms. The molecular weight excluding hydrogens is 394 g/mol. The second-order valence-corrected chi connectivity index (χ2v) is 8.63. The van der Waals surface area contributed by atoms with Crippen molar-refractivity contribution in [3.05, 3.63) is 47.3 Å². The van der Waals surface area contributed by atoms with E-state index in [9.17, 15) is 9.59 Å². The summed E-state index contributed by atoms with van der Waals surface area (Å²) in [6.45, 7) is 5.69. The minimum absolute atomic E-state index is 0.113. The summed E-state index contributed by atoms with van der Waals surface area (Å²) in [5.74, 6) is 1.72. The molecule has 1 saturated carbocycles. The van der Waals surface area contributed by atoms with E-state index in [-0.39, 0.29) is 23.4 Å². The average molecular weight is 428 g/mol. The first-order valence-corrected chi connectivity index (χ1v) is 11.1. The first-order valence-electron chi connectivity index (χ1n) is 11.1. The summed E-state index contributed by atoms with van der Waals surface area (Å²) in [4.78, 5) is 27.2. The van der Waals surface area contributed by atoms with Crippen molar-refractivity contribution in [2.75, 3.05) is 20.2 Å². The van der Waals surface area contributed by atoms with Gasteiger partial charge < -0.3 is 19.5 Å². The third-order valence-corrected chi connectivity index (χ3v) is 5.60. The molecule has 1 aliphatic rings. The van der Waals surface area contributed by atoms with Crippen LogP contribution in [0.1, 0.15) is 61.3 Å². The van der Waals surface area contributed by atoms with E-state index in [4.69, 9.17) is 9.26 Å². The fourth-order valence-electron chi connectivity index (χ4n) is 3.99. The third kappa shape index (κ3) is 6.57. The van der Waals surface area contributed by atoms with Crippen molar-refractivity contribution in [3.8, 4) is 5.75 Å². The van der Waals surface area contributed by atoms with Crippen LogP contribution in [0, 0.1) is 11.8 Å². The molecule has 7 nitrogen and oxygen atoms in total. The summed E-state index contributed by atoms with van der Waals surface area (Å²) in [6.07, 6.45) is 4.88. The number of hydrogen-bond donors (Lipinski definition) is 1. The van der Waals surface area contributed by atoms with Crippen molar-refractivity contribution >= 4 is 11.8 Å². The van der Waals surface area contributed by atoms with Crippen LogP contribution in [0.25, 0.3) is 0 Å². The standard InChI is InChI=1S/C24H33N3O4/c1-17(2)15-27(24(29)19-6-4-5-7-19)16-21-14-22(26-31-21)23(28)25-13-12-18-8-10-20(30-3)11-9-18/h8-11,14,17,19H,4-7,12-13,15-16H2,1-3H3,(H,25,28). The number of aromatic nitrogens is 1. The molecule has 7 heteroatoms. The highest BCUT2D eigenvalue weighted by molar-refractivity contribution is 5.92. The predicted molar refractivity (Wildman–Crippen MR) is 118 cm³/mol. The van der Waals surface area contributed by atoms with Crippen LogP contribution < -0.4 is 10.1 Å². The zero-order valence-corrected chi connectivity index (χ0v) is 18.7. The van der Waals surface area contributed by atoms with Gasteiger partial charge in [-0.1, -0.05) is 44.0 Å². The lowest BCUT2D eigenvalue weighted by molar-refractivity contribution is -0.136. The number of rotatable bonds is 10. The van der Waals surface area contributed by atoms with Gasteiger partial charge in [0.25, 0.3) is 5.91 Å². The molecule has 1 heterocycles. The van der Waals surface area contributed by atoms with E-state index in [2.05, 4.69) is 24.3 Å². The Morgan fingerprint density at radius 1 is 1.23 bits per heavy atom. The van der Waals surface area contributed by atoms with Gasteiger partial charge >= 0.3 is 0 Å². The minimum Gasteiger partial charge on any atom is -0.497 e. The quantitative estimate of drug-likeness (QED) is 0.623. The third-order valence-electron chi connectivity index (χ3n) is 5.60. The van der Waals surface area contributed by atoms with E-state index < -0.39 is 0 Å². The van der Waals surface area contributed by atoms with Gasteiger partial charge in [0.2, 0.25) is 5.91 Å². The van der Waals surface area contributed by atoms with Crippen LogP contribution in [0.2, 0.25) is 0 Å². The Balaban J connectivity index is 1.53. The molecule has 0 radical (unpaired) electrons. The molecule has 2 aromatic rings. The van der Waals surface area contributed by atoms with Crippen molar-refractivity contribution < 1.29 is 18.8 Å². The smallest absolute Gasteiger partial charge is 0.273 e. The molecule has 2 amide bonds. The number of methoxy groups -OCH3 is 1. The number of carbonyl (C=O) groups excluding carboxylic acids is 2. The van der Waals surface area contributed by atoms with E-state index in [0.717, 1.165) is 37.0 Å². The highest BCUT2D eigenvalue weighted by atomic mass is 16.5. The summed E-state index contributed by atoms with van der Waals surface area (Å²) < 4.78 is 10.5. The number of amides is 2. The van der Waals surface area contributed by atoms with Gasteiger partial charge in [0, 0.05) is 25.1 Å². The maximum atomic E-state index is 12.9. The van der Waals surface area contributed by atoms with Crippen molar-refractivity contribution in [2.24, 2.45) is 11.8 Å². The van der Waals surface area contributed by atoms with Crippen LogP contribution in [0.3, 0.4) is 0 Å². The van der Waals surface area contributed by atoms with Crippen molar-refractivity contribution in [3.63, 3.8) is 0 Å². The predicted octanol–water partition coefficient (Wildman–Crippen LogP) is 3.83. The number of carbonyl (C=O) groups is 2. The van der Waals surface area contributed by atoms with Crippen molar-refractivity contribution in [1.82, 2.24) is 15.4 Å². The van der Waals surface area contributed by atoms with Crippen molar-refractivity contribution in [1.29, 1.82) is 0 Å². The van der Waals surface area contributed by atoms with Crippen LogP contribution >= 0.6 is 0 Å². The van der Waals surface area contributed by atoms with E-state index in [1.165, 1.54) is 0 Å². The molecule has 0 unspecified atom stereocenters. The first kappa shape index (κ1) is 22.8. The van der Waals surface area contributed by atoms with Gasteiger partial charge in [0.15, 0.2) is 11.5 Å². The van der Waals surface area contributed by atoms with E-state index >= 15 is 0 Å². The highest BCUT2D eigenvalue weighted by Crippen LogP contribution is 2.27. The number of hydrogen-bond acceptors (Lipinski definition) is 5. The first-order chi connectivity index (χ1) is 15.0. The van der Waals surface area contributed by atoms with Gasteiger partial charge in [-0.15, -0.1) is 0 Å². The number of nitrogens with zero attached hydrogens (tertiary/aromatic N) is 2. The van der Waals surface area contributed by atoms with Crippen molar-refractivity contribution in [2.45, 2.75) is 52.5 Å². The zero-order chi connectivity index (χ0) is 22.2. The molecule has 168 valence electrons. The molecule has 31 heavy (non-hydrogen) atoms. The van der Waals surface area contributed by atoms with Gasteiger partial charge in [-0.25, -0.2) is 0 Å². The largest absolute Gasteiger partial charge is 0.497 e. The average Bonchev–Trinajstić information content (AvgIpc) is 3.45. The van der Waals surface area contributed by atoms with E-state index in [1.807, 2.05) is 29.2 Å². The summed E-state index contributed by atoms with van der Waals surface area (Å²) in [5, 5.41) is 6.78. The summed E-state index contributed by atoms with van der Waals surface area (Å²) in [5.41, 5.74) is 1.35. The van der Waals surface area contributed by atoms with Gasteiger partial charge in [-0.2, -0.15) is 0 Å². The zero-order valence-electron chi connectivity index (χ0n) is 18.7. The molecular formula is C24H33N3O4. The Hall–Kier alpha value is -2.83. The molecule has 1 aliphatic carbocycles. The molecule has 1 aromatic carbocycles. The van der Waals surface area contributed by atoms with Crippen LogP contribution in [0.5, 0.6) is 5.75 Å². The topological polar surface area (TPSA) is 84.7 Å². The van der Waals surface area contributed by atoms with E-state index in [0.29, 0.717) is 37.7 Å². The van der Waals surface area contributed by atoms with Crippen LogP contribution in [0.15, 0.2) is 34.9 Å². The molecule has 1 aromatic heterocycles. The second kappa shape index (κ2) is 11.0. The lowest BCUT2D eigenvalue weighted by Crippen LogP contribution is -2.37.